The number of carbonyl (C=O) groups excluding carboxylic acids is 1. The summed E-state index contributed by atoms with van der Waals surface area (Å²) in [6.45, 7) is 1.36. The predicted molar refractivity (Wildman–Crippen MR) is 95.6 cm³/mol. The highest BCUT2D eigenvalue weighted by molar-refractivity contribution is 5.85. The molecule has 1 fully saturated rings. The summed E-state index contributed by atoms with van der Waals surface area (Å²) in [6, 6.07) is 0. The Balaban J connectivity index is 2.00. The lowest BCUT2D eigenvalue weighted by Crippen LogP contribution is -2.49. The minimum Gasteiger partial charge on any atom is -0.355 e. The quantitative estimate of drug-likeness (QED) is 0.646. The summed E-state index contributed by atoms with van der Waals surface area (Å²) in [7, 11) is 9.36. The van der Waals surface area contributed by atoms with Crippen LogP contribution >= 0.6 is 0 Å². The van der Waals surface area contributed by atoms with Crippen LogP contribution in [0, 0.1) is 5.41 Å². The van der Waals surface area contributed by atoms with E-state index in [0.717, 1.165) is 43.8 Å². The number of nitrogens with zero attached hydrogens (tertiary/aromatic N) is 5. The Morgan fingerprint density at radius 2 is 2.04 bits per heavy atom. The largest absolute Gasteiger partial charge is 0.355 e. The minimum absolute atomic E-state index is 0.220. The van der Waals surface area contributed by atoms with Gasteiger partial charge in [0, 0.05) is 60.1 Å². The fraction of sp³-hybridized carbons (Fsp3) is 0.706. The molecular formula is C17H30N6O. The summed E-state index contributed by atoms with van der Waals surface area (Å²) in [4.78, 5) is 20.8. The molecule has 1 N–H and O–H groups in total. The first-order valence-electron chi connectivity index (χ1n) is 8.49. The molecule has 2 rings (SSSR count). The predicted octanol–water partition coefficient (Wildman–Crippen LogP) is 1.08. The lowest BCUT2D eigenvalue weighted by Gasteiger charge is -2.32. The number of aliphatic imine (C=N–C) groups is 1. The van der Waals surface area contributed by atoms with Gasteiger partial charge >= 0.3 is 0 Å². The monoisotopic (exact) mass is 334 g/mol. The van der Waals surface area contributed by atoms with Crippen molar-refractivity contribution in [2.45, 2.75) is 32.2 Å². The van der Waals surface area contributed by atoms with Crippen LogP contribution in [0.25, 0.3) is 0 Å². The van der Waals surface area contributed by atoms with E-state index in [1.807, 2.05) is 40.6 Å². The van der Waals surface area contributed by atoms with Crippen molar-refractivity contribution in [3.05, 3.63) is 18.0 Å². The molecule has 134 valence electrons. The molecule has 0 radical (unpaired) electrons. The normalized spacial score (nSPS) is 17.0. The van der Waals surface area contributed by atoms with Gasteiger partial charge in [0.1, 0.15) is 0 Å². The van der Waals surface area contributed by atoms with E-state index in [-0.39, 0.29) is 11.3 Å². The molecule has 1 aromatic heterocycles. The van der Waals surface area contributed by atoms with Crippen LogP contribution < -0.4 is 5.32 Å². The molecule has 0 saturated heterocycles. The zero-order valence-electron chi connectivity index (χ0n) is 15.5. The summed E-state index contributed by atoms with van der Waals surface area (Å²) >= 11 is 0. The molecule has 1 amide bonds. The Kier molecular flexibility index (Phi) is 5.85. The second kappa shape index (κ2) is 7.68. The van der Waals surface area contributed by atoms with E-state index in [9.17, 15) is 4.79 Å². The number of hydrogen-bond donors (Lipinski definition) is 1. The Labute approximate surface area is 144 Å². The number of nitrogens with one attached hydrogen (secondary N) is 1. The molecule has 0 spiro atoms. The van der Waals surface area contributed by atoms with Gasteiger partial charge in [-0.05, 0) is 12.8 Å². The maximum absolute atomic E-state index is 12.7. The number of aromatic nitrogens is 2. The zero-order valence-corrected chi connectivity index (χ0v) is 15.5. The first-order chi connectivity index (χ1) is 11.4. The molecule has 1 saturated carbocycles. The van der Waals surface area contributed by atoms with Crippen LogP contribution in [0.1, 0.15) is 31.2 Å². The van der Waals surface area contributed by atoms with Crippen molar-refractivity contribution in [2.24, 2.45) is 17.5 Å². The van der Waals surface area contributed by atoms with Gasteiger partial charge in [-0.3, -0.25) is 14.5 Å². The molecule has 0 aliphatic heterocycles. The van der Waals surface area contributed by atoms with E-state index in [1.165, 1.54) is 0 Å². The molecule has 1 heterocycles. The van der Waals surface area contributed by atoms with Crippen LogP contribution in [0.2, 0.25) is 0 Å². The van der Waals surface area contributed by atoms with Crippen molar-refractivity contribution in [2.75, 3.05) is 34.7 Å². The number of hydrogen-bond acceptors (Lipinski definition) is 3. The third kappa shape index (κ3) is 4.07. The Morgan fingerprint density at radius 1 is 1.38 bits per heavy atom. The van der Waals surface area contributed by atoms with Crippen LogP contribution in [0.4, 0.5) is 0 Å². The third-order valence-corrected chi connectivity index (χ3v) is 4.76. The Bertz CT molecular complexity index is 586. The molecule has 0 aromatic carbocycles. The topological polar surface area (TPSA) is 65.8 Å². The van der Waals surface area contributed by atoms with Gasteiger partial charge < -0.3 is 15.1 Å². The van der Waals surface area contributed by atoms with Crippen LogP contribution in [-0.4, -0.2) is 66.2 Å². The Morgan fingerprint density at radius 3 is 2.54 bits per heavy atom. The molecule has 0 bridgehead atoms. The van der Waals surface area contributed by atoms with Crippen LogP contribution in [0.15, 0.2) is 17.4 Å². The number of guanidine groups is 1. The van der Waals surface area contributed by atoms with Crippen molar-refractivity contribution < 1.29 is 4.79 Å². The second-order valence-corrected chi connectivity index (χ2v) is 6.97. The van der Waals surface area contributed by atoms with E-state index in [0.29, 0.717) is 6.54 Å². The van der Waals surface area contributed by atoms with Gasteiger partial charge in [-0.1, -0.05) is 12.8 Å². The number of aryl methyl sites for hydroxylation is 1. The molecule has 0 unspecified atom stereocenters. The summed E-state index contributed by atoms with van der Waals surface area (Å²) in [5.74, 6) is 1.02. The first kappa shape index (κ1) is 18.3. The van der Waals surface area contributed by atoms with Crippen LogP contribution in [-0.2, 0) is 18.4 Å². The first-order valence-corrected chi connectivity index (χ1v) is 8.49. The van der Waals surface area contributed by atoms with Gasteiger partial charge in [-0.2, -0.15) is 5.10 Å². The van der Waals surface area contributed by atoms with E-state index in [2.05, 4.69) is 20.3 Å². The molecule has 0 atom stereocenters. The summed E-state index contributed by atoms with van der Waals surface area (Å²) in [5.41, 5.74) is 0.831. The van der Waals surface area contributed by atoms with Crippen molar-refractivity contribution in [1.29, 1.82) is 0 Å². The van der Waals surface area contributed by atoms with Gasteiger partial charge in [0.2, 0.25) is 5.91 Å². The van der Waals surface area contributed by atoms with Crippen molar-refractivity contribution in [3.63, 3.8) is 0 Å². The van der Waals surface area contributed by atoms with Gasteiger partial charge in [0.25, 0.3) is 0 Å². The SMILES string of the molecule is CN=C(NCC1(C(=O)N(C)C)CCCC1)N(C)Cc1cnn(C)c1. The lowest BCUT2D eigenvalue weighted by atomic mass is 9.84. The smallest absolute Gasteiger partial charge is 0.230 e. The fourth-order valence-corrected chi connectivity index (χ4v) is 3.53. The van der Waals surface area contributed by atoms with E-state index in [4.69, 9.17) is 0 Å². The van der Waals surface area contributed by atoms with Gasteiger partial charge in [-0.25, -0.2) is 0 Å². The number of amides is 1. The average Bonchev–Trinajstić information content (AvgIpc) is 3.17. The third-order valence-electron chi connectivity index (χ3n) is 4.76. The molecular weight excluding hydrogens is 304 g/mol. The Hall–Kier alpha value is -2.05. The van der Waals surface area contributed by atoms with Crippen LogP contribution in [0.5, 0.6) is 0 Å². The van der Waals surface area contributed by atoms with Gasteiger partial charge in [0.15, 0.2) is 5.96 Å². The fourth-order valence-electron chi connectivity index (χ4n) is 3.53. The van der Waals surface area contributed by atoms with Crippen molar-refractivity contribution in [3.8, 4) is 0 Å². The zero-order chi connectivity index (χ0) is 17.7. The molecule has 7 heteroatoms. The highest BCUT2D eigenvalue weighted by Crippen LogP contribution is 2.38. The molecule has 7 nitrogen and oxygen atoms in total. The van der Waals surface area contributed by atoms with Gasteiger partial charge in [0.05, 0.1) is 11.6 Å². The number of rotatable bonds is 5. The lowest BCUT2D eigenvalue weighted by molar-refractivity contribution is -0.138. The molecule has 1 aliphatic carbocycles. The maximum atomic E-state index is 12.7. The minimum atomic E-state index is -0.297. The van der Waals surface area contributed by atoms with Crippen LogP contribution in [0.3, 0.4) is 0 Å². The summed E-state index contributed by atoms with van der Waals surface area (Å²) in [6.07, 6.45) is 7.98. The van der Waals surface area contributed by atoms with E-state index in [1.54, 1.807) is 16.6 Å². The second-order valence-electron chi connectivity index (χ2n) is 6.97. The average molecular weight is 334 g/mol. The van der Waals surface area contributed by atoms with Crippen molar-refractivity contribution in [1.82, 2.24) is 24.9 Å². The molecule has 1 aliphatic rings. The maximum Gasteiger partial charge on any atom is 0.230 e. The molecule has 24 heavy (non-hydrogen) atoms. The highest BCUT2D eigenvalue weighted by atomic mass is 16.2. The standard InChI is InChI=1S/C17H30N6O/c1-18-16(22(4)11-14-10-20-23(5)12-14)19-13-17(8-6-7-9-17)15(24)21(2)3/h10,12H,6-9,11,13H2,1-5H3,(H,18,19). The van der Waals surface area contributed by atoms with Crippen molar-refractivity contribution >= 4 is 11.9 Å². The highest BCUT2D eigenvalue weighted by Gasteiger charge is 2.42. The van der Waals surface area contributed by atoms with Gasteiger partial charge in [-0.15, -0.1) is 0 Å². The molecule has 1 aromatic rings. The van der Waals surface area contributed by atoms with E-state index < -0.39 is 0 Å². The summed E-state index contributed by atoms with van der Waals surface area (Å²) in [5, 5.41) is 7.61. The van der Waals surface area contributed by atoms with E-state index >= 15 is 0 Å². The number of carbonyl (C=O) groups is 1. The summed E-state index contributed by atoms with van der Waals surface area (Å²) < 4.78 is 1.79.